The van der Waals surface area contributed by atoms with Crippen molar-refractivity contribution in [3.8, 4) is 11.5 Å². The first-order valence-corrected chi connectivity index (χ1v) is 6.80. The lowest BCUT2D eigenvalue weighted by Gasteiger charge is -2.10. The van der Waals surface area contributed by atoms with E-state index in [1.807, 2.05) is 0 Å². The van der Waals surface area contributed by atoms with Gasteiger partial charge in [-0.3, -0.25) is 10.1 Å². The summed E-state index contributed by atoms with van der Waals surface area (Å²) in [6.45, 7) is 0.139. The Kier molecular flexibility index (Phi) is 3.88. The Labute approximate surface area is 131 Å². The van der Waals surface area contributed by atoms with Crippen molar-refractivity contribution in [3.05, 3.63) is 53.8 Å². The Bertz CT molecular complexity index is 751. The maximum atomic E-state index is 13.1. The number of rotatable bonds is 2. The summed E-state index contributed by atoms with van der Waals surface area (Å²) in [7, 11) is 0. The van der Waals surface area contributed by atoms with E-state index < -0.39 is 11.7 Å². The molecule has 2 aromatic rings. The summed E-state index contributed by atoms with van der Waals surface area (Å²) in [5.74, 6) is 0.316. The van der Waals surface area contributed by atoms with Crippen LogP contribution in [0, 0.1) is 5.82 Å². The van der Waals surface area contributed by atoms with Gasteiger partial charge in [0.25, 0.3) is 5.91 Å². The third kappa shape index (κ3) is 3.15. The van der Waals surface area contributed by atoms with Gasteiger partial charge in [-0.05, 0) is 48.6 Å². The molecule has 7 heteroatoms. The van der Waals surface area contributed by atoms with E-state index in [0.29, 0.717) is 22.7 Å². The zero-order chi connectivity index (χ0) is 15.5. The normalized spacial score (nSPS) is 11.9. The minimum absolute atomic E-state index is 0.0771. The first kappa shape index (κ1) is 14.3. The Hall–Kier alpha value is -2.67. The number of carbonyl (C=O) groups excluding carboxylic acids is 1. The van der Waals surface area contributed by atoms with E-state index in [2.05, 4.69) is 10.6 Å². The third-order valence-corrected chi connectivity index (χ3v) is 3.15. The zero-order valence-electron chi connectivity index (χ0n) is 11.3. The molecule has 2 aromatic carbocycles. The van der Waals surface area contributed by atoms with Crippen molar-refractivity contribution >= 4 is 28.9 Å². The predicted octanol–water partition coefficient (Wildman–Crippen LogP) is 2.68. The number of anilines is 1. The van der Waals surface area contributed by atoms with Gasteiger partial charge in [-0.2, -0.15) is 0 Å². The molecule has 5 nitrogen and oxygen atoms in total. The third-order valence-electron chi connectivity index (χ3n) is 2.94. The molecule has 0 saturated carbocycles. The Morgan fingerprint density at radius 1 is 1.14 bits per heavy atom. The van der Waals surface area contributed by atoms with Gasteiger partial charge in [0.15, 0.2) is 16.6 Å². The maximum absolute atomic E-state index is 13.1. The van der Waals surface area contributed by atoms with Gasteiger partial charge < -0.3 is 14.8 Å². The monoisotopic (exact) mass is 318 g/mol. The number of thiocarbonyl (C=S) groups is 1. The fourth-order valence-corrected chi connectivity index (χ4v) is 2.15. The highest BCUT2D eigenvalue weighted by molar-refractivity contribution is 7.80. The molecule has 112 valence electrons. The topological polar surface area (TPSA) is 59.6 Å². The molecule has 2 N–H and O–H groups in total. The van der Waals surface area contributed by atoms with Gasteiger partial charge in [-0.15, -0.1) is 0 Å². The van der Waals surface area contributed by atoms with Gasteiger partial charge in [0, 0.05) is 11.3 Å². The molecule has 0 atom stereocenters. The molecule has 0 radical (unpaired) electrons. The lowest BCUT2D eigenvalue weighted by Crippen LogP contribution is -2.34. The lowest BCUT2D eigenvalue weighted by molar-refractivity contribution is 0.0977. The highest BCUT2D eigenvalue weighted by Gasteiger charge is 2.16. The van der Waals surface area contributed by atoms with Crippen LogP contribution >= 0.6 is 12.2 Å². The Balaban J connectivity index is 1.65. The van der Waals surface area contributed by atoms with Crippen molar-refractivity contribution in [2.24, 2.45) is 0 Å². The minimum atomic E-state index is -0.396. The standard InChI is InChI=1S/C15H11FN2O3S/c16-10-2-1-3-11(7-10)17-15(22)18-14(19)9-4-5-12-13(6-9)21-8-20-12/h1-7H,8H2,(H2,17,18,19,22). The Morgan fingerprint density at radius 3 is 2.77 bits per heavy atom. The van der Waals surface area contributed by atoms with Crippen molar-refractivity contribution in [2.75, 3.05) is 12.1 Å². The van der Waals surface area contributed by atoms with E-state index >= 15 is 0 Å². The molecule has 0 saturated heterocycles. The molecule has 0 bridgehead atoms. The van der Waals surface area contributed by atoms with Crippen LogP contribution < -0.4 is 20.1 Å². The molecule has 0 aliphatic carbocycles. The number of halogens is 1. The molecular weight excluding hydrogens is 307 g/mol. The van der Waals surface area contributed by atoms with Gasteiger partial charge in [0.2, 0.25) is 6.79 Å². The number of nitrogens with one attached hydrogen (secondary N) is 2. The van der Waals surface area contributed by atoms with Crippen LogP contribution in [0.15, 0.2) is 42.5 Å². The van der Waals surface area contributed by atoms with Gasteiger partial charge >= 0.3 is 0 Å². The SMILES string of the molecule is O=C(NC(=S)Nc1cccc(F)c1)c1ccc2c(c1)OCO2. The highest BCUT2D eigenvalue weighted by atomic mass is 32.1. The second-order valence-corrected chi connectivity index (χ2v) is 4.89. The number of hydrogen-bond donors (Lipinski definition) is 2. The maximum Gasteiger partial charge on any atom is 0.257 e. The number of carbonyl (C=O) groups is 1. The predicted molar refractivity (Wildman–Crippen MR) is 82.7 cm³/mol. The Morgan fingerprint density at radius 2 is 1.95 bits per heavy atom. The van der Waals surface area contributed by atoms with E-state index in [9.17, 15) is 9.18 Å². The smallest absolute Gasteiger partial charge is 0.257 e. The molecule has 3 rings (SSSR count). The van der Waals surface area contributed by atoms with Crippen LogP contribution in [0.4, 0.5) is 10.1 Å². The lowest BCUT2D eigenvalue weighted by atomic mass is 10.2. The number of benzene rings is 2. The molecule has 1 aliphatic heterocycles. The minimum Gasteiger partial charge on any atom is -0.454 e. The largest absolute Gasteiger partial charge is 0.454 e. The summed E-state index contributed by atoms with van der Waals surface area (Å²) in [5, 5.41) is 5.33. The molecule has 1 aliphatic rings. The number of ether oxygens (including phenoxy) is 2. The zero-order valence-corrected chi connectivity index (χ0v) is 12.1. The fourth-order valence-electron chi connectivity index (χ4n) is 1.94. The average molecular weight is 318 g/mol. The average Bonchev–Trinajstić information content (AvgIpc) is 2.94. The molecule has 0 aromatic heterocycles. The summed E-state index contributed by atoms with van der Waals surface area (Å²) in [4.78, 5) is 12.1. The van der Waals surface area contributed by atoms with Gasteiger partial charge in [-0.1, -0.05) is 6.07 Å². The summed E-state index contributed by atoms with van der Waals surface area (Å²) < 4.78 is 23.5. The fraction of sp³-hybridized carbons (Fsp3) is 0.0667. The summed E-state index contributed by atoms with van der Waals surface area (Å²) in [6, 6.07) is 10.6. The van der Waals surface area contributed by atoms with E-state index in [-0.39, 0.29) is 11.9 Å². The number of hydrogen-bond acceptors (Lipinski definition) is 4. The van der Waals surface area contributed by atoms with Crippen LogP contribution in [0.1, 0.15) is 10.4 Å². The van der Waals surface area contributed by atoms with Gasteiger partial charge in [-0.25, -0.2) is 4.39 Å². The highest BCUT2D eigenvalue weighted by Crippen LogP contribution is 2.32. The van der Waals surface area contributed by atoms with Crippen LogP contribution in [0.25, 0.3) is 0 Å². The second kappa shape index (κ2) is 5.98. The van der Waals surface area contributed by atoms with Crippen LogP contribution in [0.3, 0.4) is 0 Å². The van der Waals surface area contributed by atoms with Crippen LogP contribution in [0.2, 0.25) is 0 Å². The van der Waals surface area contributed by atoms with E-state index in [1.54, 1.807) is 30.3 Å². The quantitative estimate of drug-likeness (QED) is 0.834. The van der Waals surface area contributed by atoms with Crippen molar-refractivity contribution in [1.29, 1.82) is 0 Å². The van der Waals surface area contributed by atoms with Gasteiger partial charge in [0.05, 0.1) is 0 Å². The van der Waals surface area contributed by atoms with Crippen molar-refractivity contribution in [3.63, 3.8) is 0 Å². The first-order valence-electron chi connectivity index (χ1n) is 6.39. The number of amides is 1. The van der Waals surface area contributed by atoms with Crippen molar-refractivity contribution < 1.29 is 18.7 Å². The van der Waals surface area contributed by atoms with Crippen LogP contribution in [-0.2, 0) is 0 Å². The molecule has 0 fully saturated rings. The summed E-state index contributed by atoms with van der Waals surface area (Å²) >= 11 is 5.03. The molecular formula is C15H11FN2O3S. The van der Waals surface area contributed by atoms with E-state index in [0.717, 1.165) is 0 Å². The van der Waals surface area contributed by atoms with E-state index in [1.165, 1.54) is 12.1 Å². The molecule has 1 amide bonds. The second-order valence-electron chi connectivity index (χ2n) is 4.49. The van der Waals surface area contributed by atoms with Crippen LogP contribution in [0.5, 0.6) is 11.5 Å². The molecule has 1 heterocycles. The molecule has 0 spiro atoms. The molecule has 0 unspecified atom stereocenters. The van der Waals surface area contributed by atoms with Crippen molar-refractivity contribution in [2.45, 2.75) is 0 Å². The number of fused-ring (bicyclic) bond motifs is 1. The summed E-state index contributed by atoms with van der Waals surface area (Å²) in [5.41, 5.74) is 0.837. The molecule has 22 heavy (non-hydrogen) atoms. The van der Waals surface area contributed by atoms with Gasteiger partial charge in [0.1, 0.15) is 5.82 Å². The summed E-state index contributed by atoms with van der Waals surface area (Å²) in [6.07, 6.45) is 0. The first-order chi connectivity index (χ1) is 10.6. The van der Waals surface area contributed by atoms with Crippen LogP contribution in [-0.4, -0.2) is 17.8 Å². The van der Waals surface area contributed by atoms with E-state index in [4.69, 9.17) is 21.7 Å². The van der Waals surface area contributed by atoms with Crippen molar-refractivity contribution in [1.82, 2.24) is 5.32 Å².